The van der Waals surface area contributed by atoms with E-state index in [-0.39, 0.29) is 31.4 Å². The summed E-state index contributed by atoms with van der Waals surface area (Å²) < 4.78 is 0. The first kappa shape index (κ1) is 31.1. The first-order valence-electron chi connectivity index (χ1n) is 15.9. The standard InChI is InChI=1S/C36H44N4O4/c41-34(38-19-15-30(16-20-38)23-28-9-3-1-4-10-28)25-37-32-13-7-8-14-33(32)40(27-36(43)44)26-35(42)39-21-17-31(18-22-39)24-29-11-5-2-6-12-29/h1-14,30-31,37H,15-27H2,(H,43,44). The molecule has 0 radical (unpaired) electrons. The lowest BCUT2D eigenvalue weighted by Crippen LogP contribution is -2.46. The van der Waals surface area contributed by atoms with Crippen LogP contribution in [0.25, 0.3) is 0 Å². The lowest BCUT2D eigenvalue weighted by molar-refractivity contribution is -0.135. The number of carboxylic acids is 1. The summed E-state index contributed by atoms with van der Waals surface area (Å²) >= 11 is 0. The lowest BCUT2D eigenvalue weighted by Gasteiger charge is -2.34. The third kappa shape index (κ3) is 8.85. The van der Waals surface area contributed by atoms with Crippen LogP contribution in [0.1, 0.15) is 36.8 Å². The number of rotatable bonds is 12. The number of hydrogen-bond acceptors (Lipinski definition) is 5. The van der Waals surface area contributed by atoms with Gasteiger partial charge in [0.25, 0.3) is 0 Å². The first-order chi connectivity index (χ1) is 21.4. The maximum absolute atomic E-state index is 13.4. The SMILES string of the molecule is O=C(O)CN(CC(=O)N1CCC(Cc2ccccc2)CC1)c1ccccc1NCC(=O)N1CCC(Cc2ccccc2)CC1. The largest absolute Gasteiger partial charge is 0.480 e. The van der Waals surface area contributed by atoms with Gasteiger partial charge in [0.15, 0.2) is 0 Å². The Hall–Kier alpha value is -4.33. The van der Waals surface area contributed by atoms with Crippen LogP contribution in [0.2, 0.25) is 0 Å². The summed E-state index contributed by atoms with van der Waals surface area (Å²) in [5.41, 5.74) is 3.92. The van der Waals surface area contributed by atoms with Crippen molar-refractivity contribution < 1.29 is 19.5 Å². The molecule has 2 saturated heterocycles. The third-order valence-corrected chi connectivity index (χ3v) is 9.00. The van der Waals surface area contributed by atoms with E-state index in [1.807, 2.05) is 46.2 Å². The average Bonchev–Trinajstić information content (AvgIpc) is 3.05. The van der Waals surface area contributed by atoms with Gasteiger partial charge in [-0.25, -0.2) is 0 Å². The summed E-state index contributed by atoms with van der Waals surface area (Å²) in [5, 5.41) is 12.9. The Labute approximate surface area is 260 Å². The summed E-state index contributed by atoms with van der Waals surface area (Å²) in [6.45, 7) is 2.60. The molecule has 2 amide bonds. The third-order valence-electron chi connectivity index (χ3n) is 9.00. The number of piperidine rings is 2. The Balaban J connectivity index is 1.13. The molecular weight excluding hydrogens is 552 g/mol. The van der Waals surface area contributed by atoms with Gasteiger partial charge < -0.3 is 25.1 Å². The second kappa shape index (κ2) is 15.4. The zero-order valence-corrected chi connectivity index (χ0v) is 25.4. The average molecular weight is 597 g/mol. The number of aliphatic carboxylic acids is 1. The highest BCUT2D eigenvalue weighted by atomic mass is 16.4. The summed E-state index contributed by atoms with van der Waals surface area (Å²) in [7, 11) is 0. The monoisotopic (exact) mass is 596 g/mol. The van der Waals surface area contributed by atoms with Gasteiger partial charge in [-0.15, -0.1) is 0 Å². The number of carboxylic acid groups (broad SMARTS) is 1. The molecule has 2 aliphatic heterocycles. The fourth-order valence-electron chi connectivity index (χ4n) is 6.50. The van der Waals surface area contributed by atoms with Gasteiger partial charge in [0, 0.05) is 26.2 Å². The number of carbonyl (C=O) groups excluding carboxylic acids is 2. The number of hydrogen-bond donors (Lipinski definition) is 2. The van der Waals surface area contributed by atoms with Crippen LogP contribution in [0.15, 0.2) is 84.9 Å². The van der Waals surface area contributed by atoms with Crippen molar-refractivity contribution in [1.82, 2.24) is 9.80 Å². The van der Waals surface area contributed by atoms with Crippen molar-refractivity contribution in [3.05, 3.63) is 96.1 Å². The molecule has 2 fully saturated rings. The highest BCUT2D eigenvalue weighted by Crippen LogP contribution is 2.27. The maximum atomic E-state index is 13.4. The number of benzene rings is 3. The quantitative estimate of drug-likeness (QED) is 0.307. The lowest BCUT2D eigenvalue weighted by atomic mass is 9.90. The molecule has 8 heteroatoms. The molecule has 0 aliphatic carbocycles. The van der Waals surface area contributed by atoms with Crippen molar-refractivity contribution in [2.24, 2.45) is 11.8 Å². The number of nitrogens with zero attached hydrogens (tertiary/aromatic N) is 3. The van der Waals surface area contributed by atoms with E-state index >= 15 is 0 Å². The Morgan fingerprint density at radius 2 is 1.14 bits per heavy atom. The molecule has 0 unspecified atom stereocenters. The molecule has 0 bridgehead atoms. The molecule has 0 spiro atoms. The van der Waals surface area contributed by atoms with Crippen LogP contribution in [-0.2, 0) is 27.2 Å². The van der Waals surface area contributed by atoms with Gasteiger partial charge in [-0.05, 0) is 73.6 Å². The minimum atomic E-state index is -1.01. The molecule has 8 nitrogen and oxygen atoms in total. The Kier molecular flexibility index (Phi) is 10.9. The van der Waals surface area contributed by atoms with Crippen LogP contribution in [0, 0.1) is 11.8 Å². The van der Waals surface area contributed by atoms with Gasteiger partial charge >= 0.3 is 5.97 Å². The van der Waals surface area contributed by atoms with Crippen molar-refractivity contribution in [3.63, 3.8) is 0 Å². The smallest absolute Gasteiger partial charge is 0.323 e. The van der Waals surface area contributed by atoms with Gasteiger partial charge in [0.1, 0.15) is 6.54 Å². The number of likely N-dealkylation sites (tertiary alicyclic amines) is 2. The fraction of sp³-hybridized carbons (Fsp3) is 0.417. The molecule has 5 rings (SSSR count). The van der Waals surface area contributed by atoms with Gasteiger partial charge in [-0.1, -0.05) is 72.8 Å². The van der Waals surface area contributed by atoms with Crippen LogP contribution >= 0.6 is 0 Å². The van der Waals surface area contributed by atoms with Crippen molar-refractivity contribution in [1.29, 1.82) is 0 Å². The van der Waals surface area contributed by atoms with Gasteiger partial charge in [0.05, 0.1) is 24.5 Å². The molecule has 232 valence electrons. The zero-order valence-electron chi connectivity index (χ0n) is 25.4. The molecule has 0 aromatic heterocycles. The summed E-state index contributed by atoms with van der Waals surface area (Å²) in [5.74, 6) is 0.0510. The molecule has 3 aromatic carbocycles. The topological polar surface area (TPSA) is 93.2 Å². The predicted molar refractivity (Wildman–Crippen MR) is 174 cm³/mol. The highest BCUT2D eigenvalue weighted by Gasteiger charge is 2.27. The maximum Gasteiger partial charge on any atom is 0.323 e. The van der Waals surface area contributed by atoms with Crippen LogP contribution in [0.4, 0.5) is 11.4 Å². The predicted octanol–water partition coefficient (Wildman–Crippen LogP) is 4.95. The Bertz CT molecular complexity index is 1370. The molecule has 44 heavy (non-hydrogen) atoms. The molecule has 2 heterocycles. The summed E-state index contributed by atoms with van der Waals surface area (Å²) in [6.07, 6.45) is 5.88. The molecule has 0 atom stereocenters. The first-order valence-corrected chi connectivity index (χ1v) is 15.9. The van der Waals surface area contributed by atoms with Crippen LogP contribution in [0.3, 0.4) is 0 Å². The van der Waals surface area contributed by atoms with E-state index in [0.717, 1.165) is 51.6 Å². The normalized spacial score (nSPS) is 16.0. The minimum absolute atomic E-state index is 0.0252. The van der Waals surface area contributed by atoms with Crippen LogP contribution < -0.4 is 10.2 Å². The van der Waals surface area contributed by atoms with Crippen molar-refractivity contribution in [2.75, 3.05) is 56.0 Å². The van der Waals surface area contributed by atoms with Gasteiger partial charge in [-0.2, -0.15) is 0 Å². The van der Waals surface area contributed by atoms with E-state index < -0.39 is 5.97 Å². The second-order valence-electron chi connectivity index (χ2n) is 12.1. The van der Waals surface area contributed by atoms with Crippen LogP contribution in [0.5, 0.6) is 0 Å². The number of para-hydroxylation sites is 2. The van der Waals surface area contributed by atoms with E-state index in [4.69, 9.17) is 0 Å². The van der Waals surface area contributed by atoms with E-state index in [1.165, 1.54) is 11.1 Å². The van der Waals surface area contributed by atoms with Crippen molar-refractivity contribution in [3.8, 4) is 0 Å². The molecule has 0 saturated carbocycles. The minimum Gasteiger partial charge on any atom is -0.480 e. The Morgan fingerprint density at radius 3 is 1.66 bits per heavy atom. The number of carbonyl (C=O) groups is 3. The van der Waals surface area contributed by atoms with E-state index in [2.05, 4.69) is 53.8 Å². The zero-order chi connectivity index (χ0) is 30.7. The van der Waals surface area contributed by atoms with Crippen molar-refractivity contribution >= 4 is 29.2 Å². The van der Waals surface area contributed by atoms with E-state index in [9.17, 15) is 19.5 Å². The van der Waals surface area contributed by atoms with E-state index in [1.54, 1.807) is 4.90 Å². The summed E-state index contributed by atoms with van der Waals surface area (Å²) in [6, 6.07) is 28.3. The van der Waals surface area contributed by atoms with Crippen LogP contribution in [-0.4, -0.2) is 78.5 Å². The number of nitrogens with one attached hydrogen (secondary N) is 1. The van der Waals surface area contributed by atoms with E-state index in [0.29, 0.717) is 36.3 Å². The molecule has 2 N–H and O–H groups in total. The molecule has 2 aliphatic rings. The fourth-order valence-corrected chi connectivity index (χ4v) is 6.50. The number of amides is 2. The number of anilines is 2. The van der Waals surface area contributed by atoms with Crippen molar-refractivity contribution in [2.45, 2.75) is 38.5 Å². The molecule has 3 aromatic rings. The highest BCUT2D eigenvalue weighted by molar-refractivity contribution is 5.88. The van der Waals surface area contributed by atoms with Gasteiger partial charge in [0.2, 0.25) is 11.8 Å². The second-order valence-corrected chi connectivity index (χ2v) is 12.1. The molecular formula is C36H44N4O4. The Morgan fingerprint density at radius 1 is 0.659 bits per heavy atom. The summed E-state index contributed by atoms with van der Waals surface area (Å²) in [4.78, 5) is 43.7. The van der Waals surface area contributed by atoms with Gasteiger partial charge in [-0.3, -0.25) is 14.4 Å².